The summed E-state index contributed by atoms with van der Waals surface area (Å²) in [5.74, 6) is 1.64. The van der Waals surface area contributed by atoms with Gasteiger partial charge in [0.05, 0.1) is 24.5 Å². The smallest absolute Gasteiger partial charge is 0.225 e. The van der Waals surface area contributed by atoms with Crippen molar-refractivity contribution in [1.82, 2.24) is 14.9 Å². The number of rotatable bonds is 5. The fraction of sp³-hybridized carbons (Fsp3) is 0.333. The Hall–Kier alpha value is -2.11. The average molecular weight is 345 g/mol. The van der Waals surface area contributed by atoms with Crippen molar-refractivity contribution in [2.24, 2.45) is 0 Å². The van der Waals surface area contributed by atoms with Crippen LogP contribution >= 0.6 is 11.6 Å². The Kier molecular flexibility index (Phi) is 5.67. The van der Waals surface area contributed by atoms with E-state index in [1.54, 1.807) is 19.5 Å². The van der Waals surface area contributed by atoms with Crippen LogP contribution in [0.15, 0.2) is 42.7 Å². The van der Waals surface area contributed by atoms with Crippen LogP contribution in [0.25, 0.3) is 6.08 Å². The fourth-order valence-electron chi connectivity index (χ4n) is 2.65. The minimum absolute atomic E-state index is 0.570. The number of hydrogen-bond donors (Lipinski definition) is 0. The van der Waals surface area contributed by atoms with Gasteiger partial charge in [-0.3, -0.25) is 4.90 Å². The topological polar surface area (TPSA) is 41.5 Å². The third kappa shape index (κ3) is 4.46. The summed E-state index contributed by atoms with van der Waals surface area (Å²) in [6.45, 7) is 4.80. The highest BCUT2D eigenvalue weighted by molar-refractivity contribution is 6.30. The molecule has 126 valence electrons. The number of halogens is 1. The third-order valence-corrected chi connectivity index (χ3v) is 4.25. The number of aromatic nitrogens is 2. The van der Waals surface area contributed by atoms with E-state index in [4.69, 9.17) is 16.3 Å². The number of methoxy groups -OCH3 is 1. The van der Waals surface area contributed by atoms with Gasteiger partial charge in [-0.15, -0.1) is 0 Å². The Balaban J connectivity index is 1.46. The predicted octanol–water partition coefficient (Wildman–Crippen LogP) is 2.97. The zero-order valence-corrected chi connectivity index (χ0v) is 14.5. The molecule has 0 N–H and O–H groups in total. The van der Waals surface area contributed by atoms with Crippen molar-refractivity contribution in [1.29, 1.82) is 0 Å². The van der Waals surface area contributed by atoms with E-state index in [1.165, 1.54) is 5.56 Å². The predicted molar refractivity (Wildman–Crippen MR) is 97.7 cm³/mol. The Labute approximate surface area is 147 Å². The minimum Gasteiger partial charge on any atom is -0.497 e. The zero-order chi connectivity index (χ0) is 16.8. The summed E-state index contributed by atoms with van der Waals surface area (Å²) in [5.41, 5.74) is 1.18. The SMILES string of the molecule is COc1ccc(/C=C/CN2CCN(c3ncc(Cl)cn3)CC2)cc1. The van der Waals surface area contributed by atoms with Crippen LogP contribution in [0.1, 0.15) is 5.56 Å². The second-order valence-corrected chi connectivity index (χ2v) is 6.10. The molecule has 0 amide bonds. The van der Waals surface area contributed by atoms with Gasteiger partial charge in [-0.25, -0.2) is 9.97 Å². The number of piperazine rings is 1. The van der Waals surface area contributed by atoms with Gasteiger partial charge in [0.15, 0.2) is 0 Å². The lowest BCUT2D eigenvalue weighted by atomic mass is 10.2. The molecule has 1 aromatic carbocycles. The summed E-state index contributed by atoms with van der Waals surface area (Å²) < 4.78 is 5.17. The van der Waals surface area contributed by atoms with Gasteiger partial charge in [0, 0.05) is 32.7 Å². The van der Waals surface area contributed by atoms with Crippen molar-refractivity contribution in [3.05, 3.63) is 53.3 Å². The Morgan fingerprint density at radius 1 is 1.08 bits per heavy atom. The first-order valence-corrected chi connectivity index (χ1v) is 8.38. The van der Waals surface area contributed by atoms with Gasteiger partial charge in [-0.05, 0) is 17.7 Å². The Bertz CT molecular complexity index is 664. The van der Waals surface area contributed by atoms with E-state index in [1.807, 2.05) is 12.1 Å². The van der Waals surface area contributed by atoms with Crippen LogP contribution in [0, 0.1) is 0 Å². The summed E-state index contributed by atoms with van der Waals surface area (Å²) in [6, 6.07) is 8.07. The molecule has 0 atom stereocenters. The first-order chi connectivity index (χ1) is 11.7. The minimum atomic E-state index is 0.570. The second kappa shape index (κ2) is 8.13. The van der Waals surface area contributed by atoms with E-state index in [0.717, 1.165) is 44.4 Å². The van der Waals surface area contributed by atoms with Gasteiger partial charge in [-0.2, -0.15) is 0 Å². The quantitative estimate of drug-likeness (QED) is 0.834. The molecule has 0 aliphatic carbocycles. The lowest BCUT2D eigenvalue weighted by molar-refractivity contribution is 0.283. The largest absolute Gasteiger partial charge is 0.497 e. The van der Waals surface area contributed by atoms with Gasteiger partial charge in [-0.1, -0.05) is 35.9 Å². The summed E-state index contributed by atoms with van der Waals surface area (Å²) in [7, 11) is 1.68. The molecule has 5 nitrogen and oxygen atoms in total. The standard InChI is InChI=1S/C18H21ClN4O/c1-24-17-6-4-15(5-7-17)3-2-8-22-9-11-23(12-10-22)18-20-13-16(19)14-21-18/h2-7,13-14H,8-12H2,1H3/b3-2+. The maximum absolute atomic E-state index is 5.83. The van der Waals surface area contributed by atoms with E-state index < -0.39 is 0 Å². The summed E-state index contributed by atoms with van der Waals surface area (Å²) in [6.07, 6.45) is 7.64. The van der Waals surface area contributed by atoms with E-state index >= 15 is 0 Å². The first kappa shape index (κ1) is 16.7. The normalized spacial score (nSPS) is 15.8. The Morgan fingerprint density at radius 3 is 2.38 bits per heavy atom. The molecule has 2 aromatic rings. The molecule has 0 radical (unpaired) electrons. The molecule has 1 aliphatic heterocycles. The third-order valence-electron chi connectivity index (χ3n) is 4.05. The molecule has 0 saturated carbocycles. The number of ether oxygens (including phenoxy) is 1. The van der Waals surface area contributed by atoms with Gasteiger partial charge >= 0.3 is 0 Å². The maximum Gasteiger partial charge on any atom is 0.225 e. The second-order valence-electron chi connectivity index (χ2n) is 5.66. The van der Waals surface area contributed by atoms with E-state index in [0.29, 0.717) is 5.02 Å². The van der Waals surface area contributed by atoms with Gasteiger partial charge in [0.2, 0.25) is 5.95 Å². The highest BCUT2D eigenvalue weighted by Crippen LogP contribution is 2.14. The van der Waals surface area contributed by atoms with Crippen LogP contribution in [0.3, 0.4) is 0 Å². The zero-order valence-electron chi connectivity index (χ0n) is 13.7. The van der Waals surface area contributed by atoms with Crippen molar-refractivity contribution < 1.29 is 4.74 Å². The van der Waals surface area contributed by atoms with Gasteiger partial charge < -0.3 is 9.64 Å². The molecule has 0 bridgehead atoms. The summed E-state index contributed by atoms with van der Waals surface area (Å²) in [5, 5.41) is 0.570. The van der Waals surface area contributed by atoms with Crippen molar-refractivity contribution in [3.8, 4) is 5.75 Å². The van der Waals surface area contributed by atoms with Gasteiger partial charge in [0.25, 0.3) is 0 Å². The van der Waals surface area contributed by atoms with E-state index in [9.17, 15) is 0 Å². The van der Waals surface area contributed by atoms with Crippen LogP contribution < -0.4 is 9.64 Å². The highest BCUT2D eigenvalue weighted by Gasteiger charge is 2.17. The van der Waals surface area contributed by atoms with E-state index in [2.05, 4.69) is 44.1 Å². The lowest BCUT2D eigenvalue weighted by Gasteiger charge is -2.34. The van der Waals surface area contributed by atoms with E-state index in [-0.39, 0.29) is 0 Å². The van der Waals surface area contributed by atoms with Gasteiger partial charge in [0.1, 0.15) is 5.75 Å². The first-order valence-electron chi connectivity index (χ1n) is 8.00. The van der Waals surface area contributed by atoms with Crippen molar-refractivity contribution in [3.63, 3.8) is 0 Å². The van der Waals surface area contributed by atoms with Crippen LogP contribution in [0.2, 0.25) is 5.02 Å². The number of hydrogen-bond acceptors (Lipinski definition) is 5. The molecular weight excluding hydrogens is 324 g/mol. The molecule has 6 heteroatoms. The van der Waals surface area contributed by atoms with Crippen molar-refractivity contribution >= 4 is 23.6 Å². The number of anilines is 1. The molecule has 1 aromatic heterocycles. The lowest BCUT2D eigenvalue weighted by Crippen LogP contribution is -2.46. The summed E-state index contributed by atoms with van der Waals surface area (Å²) in [4.78, 5) is 13.2. The maximum atomic E-state index is 5.83. The van der Waals surface area contributed by atoms with Crippen LogP contribution in [-0.4, -0.2) is 54.7 Å². The molecule has 0 unspecified atom stereocenters. The molecule has 1 aliphatic rings. The average Bonchev–Trinajstić information content (AvgIpc) is 2.64. The number of nitrogens with zero attached hydrogens (tertiary/aromatic N) is 4. The summed E-state index contributed by atoms with van der Waals surface area (Å²) >= 11 is 5.83. The number of benzene rings is 1. The van der Waals surface area contributed by atoms with Crippen LogP contribution in [0.5, 0.6) is 5.75 Å². The molecule has 2 heterocycles. The highest BCUT2D eigenvalue weighted by atomic mass is 35.5. The van der Waals surface area contributed by atoms with Crippen molar-refractivity contribution in [2.45, 2.75) is 0 Å². The molecule has 0 spiro atoms. The molecule has 1 fully saturated rings. The van der Waals surface area contributed by atoms with Crippen molar-refractivity contribution in [2.75, 3.05) is 44.7 Å². The molecular formula is C18H21ClN4O. The monoisotopic (exact) mass is 344 g/mol. The molecule has 1 saturated heterocycles. The fourth-order valence-corrected chi connectivity index (χ4v) is 2.75. The Morgan fingerprint density at radius 2 is 1.75 bits per heavy atom. The van der Waals surface area contributed by atoms with Crippen LogP contribution in [0.4, 0.5) is 5.95 Å². The molecule has 3 rings (SSSR count). The molecule has 24 heavy (non-hydrogen) atoms. The van der Waals surface area contributed by atoms with Crippen LogP contribution in [-0.2, 0) is 0 Å².